The number of H-pyrrole nitrogens is 1. The molecule has 2 rings (SSSR count). The van der Waals surface area contributed by atoms with Gasteiger partial charge in [-0.1, -0.05) is 27.7 Å². The lowest BCUT2D eigenvalue weighted by molar-refractivity contribution is 0.328. The van der Waals surface area contributed by atoms with Crippen LogP contribution in [0.2, 0.25) is 0 Å². The normalized spacial score (nSPS) is 21.0. The number of rotatable bonds is 5. The zero-order chi connectivity index (χ0) is 15.7. The van der Waals surface area contributed by atoms with E-state index in [-0.39, 0.29) is 10.7 Å². The van der Waals surface area contributed by atoms with Crippen molar-refractivity contribution in [1.29, 1.82) is 0 Å². The number of hydrogen-bond donors (Lipinski definition) is 2. The number of nitrogens with zero attached hydrogens (tertiary/aromatic N) is 2. The molecule has 1 aliphatic rings. The molecule has 0 bridgehead atoms. The highest BCUT2D eigenvalue weighted by molar-refractivity contribution is 7.90. The van der Waals surface area contributed by atoms with Crippen LogP contribution in [0.15, 0.2) is 6.20 Å². The summed E-state index contributed by atoms with van der Waals surface area (Å²) in [6, 6.07) is 0. The van der Waals surface area contributed by atoms with Gasteiger partial charge in [0.2, 0.25) is 10.0 Å². The SMILES string of the molecule is CCNS(=O)(=O)[C@H]1CCN(Cc2cn[nH]c2C(C)(C)C)C1. The van der Waals surface area contributed by atoms with Crippen LogP contribution in [-0.2, 0) is 22.0 Å². The van der Waals surface area contributed by atoms with Crippen LogP contribution in [0, 0.1) is 0 Å². The minimum Gasteiger partial charge on any atom is -0.298 e. The summed E-state index contributed by atoms with van der Waals surface area (Å²) in [7, 11) is -3.18. The Kier molecular flexibility index (Phi) is 4.75. The maximum absolute atomic E-state index is 12.1. The van der Waals surface area contributed by atoms with Crippen LogP contribution >= 0.6 is 0 Å². The largest absolute Gasteiger partial charge is 0.298 e. The van der Waals surface area contributed by atoms with Crippen molar-refractivity contribution in [3.05, 3.63) is 17.5 Å². The summed E-state index contributed by atoms with van der Waals surface area (Å²) in [5, 5.41) is 6.92. The molecule has 7 heteroatoms. The zero-order valence-electron chi connectivity index (χ0n) is 13.3. The zero-order valence-corrected chi connectivity index (χ0v) is 14.1. The van der Waals surface area contributed by atoms with E-state index in [2.05, 4.69) is 40.6 Å². The second kappa shape index (κ2) is 6.06. The summed E-state index contributed by atoms with van der Waals surface area (Å²) in [4.78, 5) is 2.19. The highest BCUT2D eigenvalue weighted by Crippen LogP contribution is 2.26. The van der Waals surface area contributed by atoms with E-state index in [1.807, 2.05) is 13.1 Å². The molecule has 120 valence electrons. The quantitative estimate of drug-likeness (QED) is 0.856. The third-order valence-electron chi connectivity index (χ3n) is 3.88. The Bertz CT molecular complexity index is 574. The Hall–Kier alpha value is -0.920. The van der Waals surface area contributed by atoms with E-state index in [9.17, 15) is 8.42 Å². The molecular weight excluding hydrogens is 288 g/mol. The average molecular weight is 314 g/mol. The van der Waals surface area contributed by atoms with Gasteiger partial charge in [-0.15, -0.1) is 0 Å². The van der Waals surface area contributed by atoms with Gasteiger partial charge >= 0.3 is 0 Å². The number of sulfonamides is 1. The molecule has 1 aromatic heterocycles. The Morgan fingerprint density at radius 2 is 2.19 bits per heavy atom. The van der Waals surface area contributed by atoms with Crippen molar-refractivity contribution in [2.24, 2.45) is 0 Å². The molecule has 0 spiro atoms. The van der Waals surface area contributed by atoms with Crippen LogP contribution in [-0.4, -0.2) is 48.4 Å². The van der Waals surface area contributed by atoms with E-state index in [1.165, 1.54) is 0 Å². The molecule has 2 N–H and O–H groups in total. The predicted octanol–water partition coefficient (Wildman–Crippen LogP) is 1.22. The summed E-state index contributed by atoms with van der Waals surface area (Å²) in [6.07, 6.45) is 2.55. The molecule has 0 saturated carbocycles. The first kappa shape index (κ1) is 16.5. The third-order valence-corrected chi connectivity index (χ3v) is 5.83. The fraction of sp³-hybridized carbons (Fsp3) is 0.786. The minimum absolute atomic E-state index is 0.0147. The highest BCUT2D eigenvalue weighted by atomic mass is 32.2. The molecule has 1 aromatic rings. The van der Waals surface area contributed by atoms with E-state index in [4.69, 9.17) is 0 Å². The van der Waals surface area contributed by atoms with E-state index in [0.717, 1.165) is 24.3 Å². The molecule has 1 aliphatic heterocycles. The number of likely N-dealkylation sites (tertiary alicyclic amines) is 1. The first-order valence-electron chi connectivity index (χ1n) is 7.47. The third kappa shape index (κ3) is 3.84. The highest BCUT2D eigenvalue weighted by Gasteiger charge is 2.33. The first-order valence-corrected chi connectivity index (χ1v) is 9.02. The lowest BCUT2D eigenvalue weighted by atomic mass is 9.89. The molecule has 0 amide bonds. The molecule has 1 fully saturated rings. The number of aromatic nitrogens is 2. The van der Waals surface area contributed by atoms with Crippen molar-refractivity contribution in [3.8, 4) is 0 Å². The molecule has 2 heterocycles. The van der Waals surface area contributed by atoms with Crippen LogP contribution in [0.25, 0.3) is 0 Å². The van der Waals surface area contributed by atoms with Gasteiger partial charge in [-0.3, -0.25) is 10.00 Å². The van der Waals surface area contributed by atoms with Gasteiger partial charge in [-0.25, -0.2) is 13.1 Å². The second-order valence-electron chi connectivity index (χ2n) is 6.71. The van der Waals surface area contributed by atoms with Gasteiger partial charge < -0.3 is 0 Å². The maximum atomic E-state index is 12.1. The Balaban J connectivity index is 2.03. The smallest absolute Gasteiger partial charge is 0.215 e. The van der Waals surface area contributed by atoms with Gasteiger partial charge in [0.05, 0.1) is 11.4 Å². The molecule has 21 heavy (non-hydrogen) atoms. The van der Waals surface area contributed by atoms with E-state index in [0.29, 0.717) is 19.5 Å². The van der Waals surface area contributed by atoms with E-state index >= 15 is 0 Å². The maximum Gasteiger partial charge on any atom is 0.215 e. The van der Waals surface area contributed by atoms with Crippen LogP contribution in [0.3, 0.4) is 0 Å². The number of hydrogen-bond acceptors (Lipinski definition) is 4. The summed E-state index contributed by atoms with van der Waals surface area (Å²) in [5.74, 6) is 0. The van der Waals surface area contributed by atoms with Crippen molar-refractivity contribution in [1.82, 2.24) is 19.8 Å². The Labute approximate surface area is 127 Å². The average Bonchev–Trinajstić information content (AvgIpc) is 2.97. The molecule has 0 unspecified atom stereocenters. The standard InChI is InChI=1S/C14H26N4O2S/c1-5-16-21(19,20)12-6-7-18(10-12)9-11-8-15-17-13(11)14(2,3)4/h8,12,16H,5-7,9-10H2,1-4H3,(H,15,17)/t12-/m0/s1. The summed E-state index contributed by atoms with van der Waals surface area (Å²) >= 11 is 0. The number of aromatic amines is 1. The van der Waals surface area contributed by atoms with Crippen molar-refractivity contribution in [2.75, 3.05) is 19.6 Å². The van der Waals surface area contributed by atoms with Gasteiger partial charge in [0.1, 0.15) is 0 Å². The molecule has 0 aliphatic carbocycles. The lowest BCUT2D eigenvalue weighted by Gasteiger charge is -2.21. The molecule has 0 aromatic carbocycles. The Morgan fingerprint density at radius 3 is 2.81 bits per heavy atom. The number of nitrogens with one attached hydrogen (secondary N) is 2. The van der Waals surface area contributed by atoms with Crippen molar-refractivity contribution in [2.45, 2.75) is 51.3 Å². The molecule has 1 saturated heterocycles. The summed E-state index contributed by atoms with van der Waals surface area (Å²) in [6.45, 7) is 10.8. The molecule has 1 atom stereocenters. The van der Waals surface area contributed by atoms with Crippen molar-refractivity contribution >= 4 is 10.0 Å². The molecular formula is C14H26N4O2S. The fourth-order valence-electron chi connectivity index (χ4n) is 2.83. The topological polar surface area (TPSA) is 78.1 Å². The predicted molar refractivity (Wildman–Crippen MR) is 83.6 cm³/mol. The Morgan fingerprint density at radius 1 is 1.48 bits per heavy atom. The minimum atomic E-state index is -3.18. The van der Waals surface area contributed by atoms with Crippen LogP contribution in [0.1, 0.15) is 45.4 Å². The van der Waals surface area contributed by atoms with Crippen molar-refractivity contribution < 1.29 is 8.42 Å². The molecule has 0 radical (unpaired) electrons. The van der Waals surface area contributed by atoms with Crippen LogP contribution in [0.5, 0.6) is 0 Å². The lowest BCUT2D eigenvalue weighted by Crippen LogP contribution is -2.36. The van der Waals surface area contributed by atoms with Crippen molar-refractivity contribution in [3.63, 3.8) is 0 Å². The van der Waals surface area contributed by atoms with Crippen LogP contribution in [0.4, 0.5) is 0 Å². The van der Waals surface area contributed by atoms with E-state index in [1.54, 1.807) is 0 Å². The molecule has 6 nitrogen and oxygen atoms in total. The van der Waals surface area contributed by atoms with Crippen LogP contribution < -0.4 is 4.72 Å². The monoisotopic (exact) mass is 314 g/mol. The van der Waals surface area contributed by atoms with Gasteiger partial charge in [-0.05, 0) is 13.0 Å². The first-order chi connectivity index (χ1) is 9.74. The van der Waals surface area contributed by atoms with Gasteiger partial charge in [-0.2, -0.15) is 5.10 Å². The summed E-state index contributed by atoms with van der Waals surface area (Å²) in [5.41, 5.74) is 2.30. The fourth-order valence-corrected chi connectivity index (χ4v) is 4.30. The second-order valence-corrected chi connectivity index (χ2v) is 8.75. The summed E-state index contributed by atoms with van der Waals surface area (Å²) < 4.78 is 26.7. The van der Waals surface area contributed by atoms with Gasteiger partial charge in [0.15, 0.2) is 0 Å². The van der Waals surface area contributed by atoms with E-state index < -0.39 is 10.0 Å². The van der Waals surface area contributed by atoms with Gasteiger partial charge in [0, 0.05) is 36.3 Å². The van der Waals surface area contributed by atoms with Gasteiger partial charge in [0.25, 0.3) is 0 Å².